The zero-order valence-electron chi connectivity index (χ0n) is 12.2. The Labute approximate surface area is 124 Å². The van der Waals surface area contributed by atoms with Crippen molar-refractivity contribution in [3.05, 3.63) is 78.1 Å². The van der Waals surface area contributed by atoms with Crippen molar-refractivity contribution in [2.45, 2.75) is 13.8 Å². The monoisotopic (exact) mass is 275 g/mol. The first-order chi connectivity index (χ1) is 10.2. The minimum atomic E-state index is 0.0982. The number of carbonyl (C=O) groups excluding carboxylic acids is 1. The molecule has 0 atom stereocenters. The van der Waals surface area contributed by atoms with E-state index in [0.29, 0.717) is 0 Å². The number of rotatable bonds is 3. The van der Waals surface area contributed by atoms with Crippen molar-refractivity contribution >= 4 is 5.78 Å². The number of benzene rings is 2. The van der Waals surface area contributed by atoms with Crippen molar-refractivity contribution in [3.8, 4) is 16.8 Å². The maximum absolute atomic E-state index is 12.1. The van der Waals surface area contributed by atoms with Crippen molar-refractivity contribution in [1.82, 2.24) is 4.57 Å². The Kier molecular flexibility index (Phi) is 3.44. The third-order valence-electron chi connectivity index (χ3n) is 3.72. The highest BCUT2D eigenvalue weighted by atomic mass is 16.1. The van der Waals surface area contributed by atoms with Crippen molar-refractivity contribution < 1.29 is 4.79 Å². The molecule has 21 heavy (non-hydrogen) atoms. The first kappa shape index (κ1) is 13.4. The second-order valence-corrected chi connectivity index (χ2v) is 5.13. The highest BCUT2D eigenvalue weighted by Crippen LogP contribution is 2.30. The maximum atomic E-state index is 12.1. The van der Waals surface area contributed by atoms with Gasteiger partial charge in [-0.15, -0.1) is 0 Å². The summed E-state index contributed by atoms with van der Waals surface area (Å²) in [6.07, 6.45) is 2.05. The van der Waals surface area contributed by atoms with E-state index in [1.54, 1.807) is 6.92 Å². The minimum absolute atomic E-state index is 0.0982. The molecule has 0 aliphatic heterocycles. The van der Waals surface area contributed by atoms with E-state index >= 15 is 0 Å². The van der Waals surface area contributed by atoms with Crippen LogP contribution >= 0.6 is 0 Å². The Balaban J connectivity index is 2.24. The van der Waals surface area contributed by atoms with Gasteiger partial charge in [0, 0.05) is 28.7 Å². The summed E-state index contributed by atoms with van der Waals surface area (Å²) in [6.45, 7) is 3.63. The zero-order chi connectivity index (χ0) is 14.8. The molecule has 1 aromatic heterocycles. The molecule has 0 aliphatic carbocycles. The van der Waals surface area contributed by atoms with Crippen molar-refractivity contribution in [2.24, 2.45) is 0 Å². The third-order valence-corrected chi connectivity index (χ3v) is 3.72. The second-order valence-electron chi connectivity index (χ2n) is 5.13. The maximum Gasteiger partial charge on any atom is 0.162 e. The Morgan fingerprint density at radius 3 is 2.05 bits per heavy atom. The van der Waals surface area contributed by atoms with Gasteiger partial charge in [-0.1, -0.05) is 48.5 Å². The van der Waals surface area contributed by atoms with Gasteiger partial charge in [0.05, 0.1) is 0 Å². The first-order valence-corrected chi connectivity index (χ1v) is 7.02. The molecule has 0 aliphatic rings. The van der Waals surface area contributed by atoms with Crippen LogP contribution < -0.4 is 0 Å². The van der Waals surface area contributed by atoms with Crippen LogP contribution in [0.2, 0.25) is 0 Å². The average molecular weight is 275 g/mol. The molecule has 104 valence electrons. The van der Waals surface area contributed by atoms with Gasteiger partial charge in [0.15, 0.2) is 5.78 Å². The minimum Gasteiger partial charge on any atom is -0.320 e. The molecule has 0 radical (unpaired) electrons. The van der Waals surface area contributed by atoms with E-state index in [9.17, 15) is 4.79 Å². The van der Waals surface area contributed by atoms with Gasteiger partial charge in [-0.2, -0.15) is 0 Å². The molecular formula is C19H17NO. The van der Waals surface area contributed by atoms with Crippen LogP contribution in [0.15, 0.2) is 66.9 Å². The quantitative estimate of drug-likeness (QED) is 0.637. The summed E-state index contributed by atoms with van der Waals surface area (Å²) in [6, 6.07) is 20.1. The van der Waals surface area contributed by atoms with E-state index in [1.807, 2.05) is 67.6 Å². The molecule has 0 saturated carbocycles. The van der Waals surface area contributed by atoms with Crippen molar-refractivity contribution in [3.63, 3.8) is 0 Å². The van der Waals surface area contributed by atoms with Crippen molar-refractivity contribution in [1.29, 1.82) is 0 Å². The van der Waals surface area contributed by atoms with E-state index in [4.69, 9.17) is 0 Å². The van der Waals surface area contributed by atoms with Gasteiger partial charge in [0.2, 0.25) is 0 Å². The summed E-state index contributed by atoms with van der Waals surface area (Å²) in [5.41, 5.74) is 4.90. The standard InChI is InChI=1S/C19H17NO/c1-14-19(15(2)21)18(16-9-5-3-6-10-16)13-20(14)17-11-7-4-8-12-17/h3-13H,1-2H3. The van der Waals surface area contributed by atoms with E-state index in [1.165, 1.54) is 0 Å². The van der Waals surface area contributed by atoms with E-state index in [-0.39, 0.29) is 5.78 Å². The Morgan fingerprint density at radius 1 is 0.905 bits per heavy atom. The fourth-order valence-electron chi connectivity index (χ4n) is 2.74. The normalized spacial score (nSPS) is 10.6. The predicted molar refractivity (Wildman–Crippen MR) is 85.9 cm³/mol. The molecule has 0 fully saturated rings. The fraction of sp³-hybridized carbons (Fsp3) is 0.105. The number of hydrogen-bond acceptors (Lipinski definition) is 1. The molecule has 2 nitrogen and oxygen atoms in total. The first-order valence-electron chi connectivity index (χ1n) is 7.02. The van der Waals surface area contributed by atoms with E-state index < -0.39 is 0 Å². The number of carbonyl (C=O) groups is 1. The summed E-state index contributed by atoms with van der Waals surface area (Å²) in [4.78, 5) is 12.1. The zero-order valence-corrected chi connectivity index (χ0v) is 12.2. The highest BCUT2D eigenvalue weighted by Gasteiger charge is 2.18. The second kappa shape index (κ2) is 5.41. The molecule has 3 rings (SSSR count). The van der Waals surface area contributed by atoms with E-state index in [0.717, 1.165) is 28.1 Å². The lowest BCUT2D eigenvalue weighted by Gasteiger charge is -2.05. The van der Waals surface area contributed by atoms with Gasteiger partial charge in [-0.25, -0.2) is 0 Å². The van der Waals surface area contributed by atoms with Gasteiger partial charge in [-0.05, 0) is 31.5 Å². The molecule has 0 amide bonds. The van der Waals surface area contributed by atoms with Gasteiger partial charge in [0.25, 0.3) is 0 Å². The number of Topliss-reactive ketones (excluding diaryl/α,β-unsaturated/α-hetero) is 1. The molecule has 0 spiro atoms. The van der Waals surface area contributed by atoms with Gasteiger partial charge in [-0.3, -0.25) is 4.79 Å². The van der Waals surface area contributed by atoms with Crippen LogP contribution in [0.3, 0.4) is 0 Å². The molecule has 0 N–H and O–H groups in total. The number of hydrogen-bond donors (Lipinski definition) is 0. The number of ketones is 1. The Hall–Kier alpha value is -2.61. The number of nitrogens with zero attached hydrogens (tertiary/aromatic N) is 1. The molecule has 2 heteroatoms. The Morgan fingerprint density at radius 2 is 1.48 bits per heavy atom. The molecule has 0 unspecified atom stereocenters. The smallest absolute Gasteiger partial charge is 0.162 e. The lowest BCUT2D eigenvalue weighted by Crippen LogP contribution is -1.99. The van der Waals surface area contributed by atoms with Crippen LogP contribution in [0.1, 0.15) is 23.0 Å². The summed E-state index contributed by atoms with van der Waals surface area (Å²) in [7, 11) is 0. The lowest BCUT2D eigenvalue weighted by molar-refractivity contribution is 0.101. The molecule has 0 saturated heterocycles. The van der Waals surface area contributed by atoms with Crippen LogP contribution in [0, 0.1) is 6.92 Å². The summed E-state index contributed by atoms with van der Waals surface area (Å²) in [5.74, 6) is 0.0982. The average Bonchev–Trinajstić information content (AvgIpc) is 2.87. The summed E-state index contributed by atoms with van der Waals surface area (Å²) >= 11 is 0. The van der Waals surface area contributed by atoms with Crippen LogP contribution in [0.25, 0.3) is 16.8 Å². The van der Waals surface area contributed by atoms with Crippen LogP contribution in [-0.2, 0) is 0 Å². The molecule has 1 heterocycles. The van der Waals surface area contributed by atoms with Gasteiger partial charge < -0.3 is 4.57 Å². The molecular weight excluding hydrogens is 258 g/mol. The van der Waals surface area contributed by atoms with Crippen LogP contribution in [-0.4, -0.2) is 10.4 Å². The Bertz CT molecular complexity index is 770. The molecule has 2 aromatic carbocycles. The number of aromatic nitrogens is 1. The molecule has 0 bridgehead atoms. The van der Waals surface area contributed by atoms with Crippen LogP contribution in [0.4, 0.5) is 0 Å². The lowest BCUT2D eigenvalue weighted by atomic mass is 10.0. The van der Waals surface area contributed by atoms with Gasteiger partial charge in [0.1, 0.15) is 0 Å². The van der Waals surface area contributed by atoms with E-state index in [2.05, 4.69) is 10.8 Å². The number of para-hydroxylation sites is 1. The highest BCUT2D eigenvalue weighted by molar-refractivity contribution is 6.02. The summed E-state index contributed by atoms with van der Waals surface area (Å²) in [5, 5.41) is 0. The largest absolute Gasteiger partial charge is 0.320 e. The topological polar surface area (TPSA) is 22.0 Å². The predicted octanol–water partition coefficient (Wildman–Crippen LogP) is 4.66. The fourth-order valence-corrected chi connectivity index (χ4v) is 2.74. The SMILES string of the molecule is CC(=O)c1c(-c2ccccc2)cn(-c2ccccc2)c1C. The van der Waals surface area contributed by atoms with Gasteiger partial charge >= 0.3 is 0 Å². The summed E-state index contributed by atoms with van der Waals surface area (Å²) < 4.78 is 2.08. The van der Waals surface area contributed by atoms with Crippen molar-refractivity contribution in [2.75, 3.05) is 0 Å². The third kappa shape index (κ3) is 2.40. The van der Waals surface area contributed by atoms with Crippen LogP contribution in [0.5, 0.6) is 0 Å². The molecule has 3 aromatic rings.